The zero-order chi connectivity index (χ0) is 42.1. The number of phosphoric acid groups is 1. The standard InChI is InChI=1S/C47H88NO8P/c1-6-8-10-12-14-16-18-20-22-23-24-26-27-29-31-33-35-37-39-46(49)53-43-45(44-55-57(51,52)54-42-41-48(3,4)5)56-47(50)40-38-36-34-32-30-28-25-21-19-17-15-13-11-9-7-2/h15,17,21,25,30,32,45H,6-14,16,18-20,22-24,26-29,31,33-44H2,1-5H3/b17-15+,25-21+,32-30+/t45-/m1/s1. The fourth-order valence-corrected chi connectivity index (χ4v) is 6.98. The summed E-state index contributed by atoms with van der Waals surface area (Å²) in [6.45, 7) is 4.17. The minimum absolute atomic E-state index is 0.0373. The van der Waals surface area contributed by atoms with Gasteiger partial charge in [0.05, 0.1) is 27.7 Å². The Bertz CT molecular complexity index is 1070. The first-order chi connectivity index (χ1) is 27.5. The van der Waals surface area contributed by atoms with E-state index in [9.17, 15) is 19.0 Å². The molecule has 0 saturated carbocycles. The van der Waals surface area contributed by atoms with Crippen molar-refractivity contribution in [2.45, 2.75) is 206 Å². The number of nitrogens with zero attached hydrogens (tertiary/aromatic N) is 1. The molecule has 0 aromatic heterocycles. The normalized spacial score (nSPS) is 13.9. The molecular weight excluding hydrogens is 737 g/mol. The summed E-state index contributed by atoms with van der Waals surface area (Å²) in [5.74, 6) is -0.873. The number of rotatable bonds is 42. The van der Waals surface area contributed by atoms with Crippen LogP contribution in [-0.2, 0) is 32.7 Å². The summed E-state index contributed by atoms with van der Waals surface area (Å²) >= 11 is 0. The highest BCUT2D eigenvalue weighted by Gasteiger charge is 2.21. The number of allylic oxidation sites excluding steroid dienone is 6. The number of carbonyl (C=O) groups is 2. The zero-order valence-electron chi connectivity index (χ0n) is 37.5. The molecule has 0 fully saturated rings. The van der Waals surface area contributed by atoms with Crippen LogP contribution >= 0.6 is 7.82 Å². The minimum Gasteiger partial charge on any atom is -0.756 e. The Morgan fingerprint density at radius 1 is 0.544 bits per heavy atom. The maximum Gasteiger partial charge on any atom is 0.306 e. The molecule has 0 bridgehead atoms. The third kappa shape index (κ3) is 43.6. The predicted octanol–water partition coefficient (Wildman–Crippen LogP) is 12.7. The summed E-state index contributed by atoms with van der Waals surface area (Å²) in [6, 6.07) is 0. The van der Waals surface area contributed by atoms with Crippen LogP contribution in [0.1, 0.15) is 200 Å². The average molecular weight is 826 g/mol. The van der Waals surface area contributed by atoms with Gasteiger partial charge in [0.15, 0.2) is 6.10 Å². The zero-order valence-corrected chi connectivity index (χ0v) is 38.4. The van der Waals surface area contributed by atoms with Gasteiger partial charge in [-0.3, -0.25) is 14.2 Å². The maximum absolute atomic E-state index is 12.7. The molecule has 0 amide bonds. The summed E-state index contributed by atoms with van der Waals surface area (Å²) in [6.07, 6.45) is 44.6. The smallest absolute Gasteiger partial charge is 0.306 e. The summed E-state index contributed by atoms with van der Waals surface area (Å²) in [4.78, 5) is 37.6. The molecule has 0 N–H and O–H groups in total. The van der Waals surface area contributed by atoms with Crippen molar-refractivity contribution in [2.75, 3.05) is 47.5 Å². The van der Waals surface area contributed by atoms with Crippen molar-refractivity contribution in [2.24, 2.45) is 0 Å². The summed E-state index contributed by atoms with van der Waals surface area (Å²) in [5, 5.41) is 0. The van der Waals surface area contributed by atoms with Crippen molar-refractivity contribution >= 4 is 19.8 Å². The number of hydrogen-bond acceptors (Lipinski definition) is 8. The Kier molecular flexibility index (Phi) is 38.4. The Morgan fingerprint density at radius 3 is 1.44 bits per heavy atom. The van der Waals surface area contributed by atoms with Gasteiger partial charge in [0.1, 0.15) is 19.8 Å². The Balaban J connectivity index is 4.35. The van der Waals surface area contributed by atoms with Crippen LogP contribution in [0.3, 0.4) is 0 Å². The molecule has 1 unspecified atom stereocenters. The van der Waals surface area contributed by atoms with Crippen LogP contribution in [0, 0.1) is 0 Å². The van der Waals surface area contributed by atoms with Crippen LogP contribution in [-0.4, -0.2) is 70.0 Å². The first kappa shape index (κ1) is 55.2. The van der Waals surface area contributed by atoms with Crippen LogP contribution in [0.25, 0.3) is 0 Å². The van der Waals surface area contributed by atoms with Crippen LogP contribution in [0.5, 0.6) is 0 Å². The van der Waals surface area contributed by atoms with Crippen LogP contribution in [0.2, 0.25) is 0 Å². The van der Waals surface area contributed by atoms with E-state index in [1.807, 2.05) is 21.1 Å². The molecule has 0 saturated heterocycles. The molecular formula is C47H88NO8P. The van der Waals surface area contributed by atoms with E-state index in [0.29, 0.717) is 17.4 Å². The van der Waals surface area contributed by atoms with Gasteiger partial charge in [0.25, 0.3) is 7.82 Å². The van der Waals surface area contributed by atoms with Gasteiger partial charge in [-0.1, -0.05) is 172 Å². The molecule has 0 aromatic carbocycles. The quantitative estimate of drug-likeness (QED) is 0.0197. The fourth-order valence-electron chi connectivity index (χ4n) is 6.25. The van der Waals surface area contributed by atoms with Crippen molar-refractivity contribution in [3.8, 4) is 0 Å². The lowest BCUT2D eigenvalue weighted by Crippen LogP contribution is -2.37. The molecule has 57 heavy (non-hydrogen) atoms. The van der Waals surface area contributed by atoms with E-state index >= 15 is 0 Å². The molecule has 0 aliphatic rings. The number of ether oxygens (including phenoxy) is 2. The first-order valence-corrected chi connectivity index (χ1v) is 24.7. The Labute approximate surface area is 351 Å². The lowest BCUT2D eigenvalue weighted by atomic mass is 10.0. The van der Waals surface area contributed by atoms with Gasteiger partial charge >= 0.3 is 11.9 Å². The first-order valence-electron chi connectivity index (χ1n) is 23.2. The average Bonchev–Trinajstić information content (AvgIpc) is 3.16. The summed E-state index contributed by atoms with van der Waals surface area (Å²) in [5.41, 5.74) is 0. The molecule has 334 valence electrons. The highest BCUT2D eigenvalue weighted by molar-refractivity contribution is 7.45. The van der Waals surface area contributed by atoms with E-state index in [4.69, 9.17) is 18.5 Å². The van der Waals surface area contributed by atoms with Crippen LogP contribution in [0.4, 0.5) is 0 Å². The van der Waals surface area contributed by atoms with Gasteiger partial charge in [0, 0.05) is 12.8 Å². The van der Waals surface area contributed by atoms with Crippen molar-refractivity contribution in [1.82, 2.24) is 0 Å². The number of esters is 2. The topological polar surface area (TPSA) is 111 Å². The van der Waals surface area contributed by atoms with Gasteiger partial charge < -0.3 is 27.9 Å². The molecule has 0 aliphatic carbocycles. The number of phosphoric ester groups is 1. The van der Waals surface area contributed by atoms with Crippen molar-refractivity contribution in [3.05, 3.63) is 36.5 Å². The highest BCUT2D eigenvalue weighted by atomic mass is 31.2. The fraction of sp³-hybridized carbons (Fsp3) is 0.830. The number of quaternary nitrogens is 1. The van der Waals surface area contributed by atoms with Gasteiger partial charge in [-0.15, -0.1) is 0 Å². The van der Waals surface area contributed by atoms with Crippen LogP contribution in [0.15, 0.2) is 36.5 Å². The summed E-state index contributed by atoms with van der Waals surface area (Å²) < 4.78 is 33.9. The highest BCUT2D eigenvalue weighted by Crippen LogP contribution is 2.38. The lowest BCUT2D eigenvalue weighted by Gasteiger charge is -2.28. The molecule has 0 radical (unpaired) electrons. The van der Waals surface area contributed by atoms with Gasteiger partial charge in [0.2, 0.25) is 0 Å². The van der Waals surface area contributed by atoms with Crippen molar-refractivity contribution in [3.63, 3.8) is 0 Å². The molecule has 2 atom stereocenters. The molecule has 0 spiro atoms. The van der Waals surface area contributed by atoms with E-state index in [1.165, 1.54) is 116 Å². The lowest BCUT2D eigenvalue weighted by molar-refractivity contribution is -0.870. The van der Waals surface area contributed by atoms with Crippen molar-refractivity contribution < 1.29 is 42.1 Å². The number of likely N-dealkylation sites (N-methyl/N-ethyl adjacent to an activating group) is 1. The Morgan fingerprint density at radius 2 is 0.947 bits per heavy atom. The van der Waals surface area contributed by atoms with Crippen molar-refractivity contribution in [1.29, 1.82) is 0 Å². The van der Waals surface area contributed by atoms with Gasteiger partial charge in [-0.05, 0) is 51.4 Å². The molecule has 0 rings (SSSR count). The van der Waals surface area contributed by atoms with Gasteiger partial charge in [-0.25, -0.2) is 0 Å². The van der Waals surface area contributed by atoms with Gasteiger partial charge in [-0.2, -0.15) is 0 Å². The summed E-state index contributed by atoms with van der Waals surface area (Å²) in [7, 11) is 1.14. The van der Waals surface area contributed by atoms with E-state index in [1.54, 1.807) is 0 Å². The maximum atomic E-state index is 12.7. The number of hydrogen-bond donors (Lipinski definition) is 0. The molecule has 0 aromatic rings. The van der Waals surface area contributed by atoms with Crippen LogP contribution < -0.4 is 4.89 Å². The molecule has 0 aliphatic heterocycles. The van der Waals surface area contributed by atoms with E-state index < -0.39 is 32.5 Å². The third-order valence-corrected chi connectivity index (χ3v) is 10.9. The minimum atomic E-state index is -4.63. The number of unbranched alkanes of at least 4 members (excludes halogenated alkanes) is 22. The SMILES string of the molecule is CCCCC/C=C/C/C=C/C/C=C/CCCCC(=O)O[C@H](COC(=O)CCCCCCCCCCCCCCCCCCCC)COP(=O)([O-])OCC[N+](C)(C)C. The van der Waals surface area contributed by atoms with E-state index in [-0.39, 0.29) is 26.1 Å². The second kappa shape index (κ2) is 39.7. The second-order valence-electron chi connectivity index (χ2n) is 16.8. The molecule has 9 nitrogen and oxygen atoms in total. The monoisotopic (exact) mass is 826 g/mol. The Hall–Kier alpha value is -1.77. The van der Waals surface area contributed by atoms with E-state index in [2.05, 4.69) is 50.3 Å². The second-order valence-corrected chi connectivity index (χ2v) is 18.2. The number of carbonyl (C=O) groups excluding carboxylic acids is 2. The molecule has 0 heterocycles. The largest absolute Gasteiger partial charge is 0.756 e. The molecule has 10 heteroatoms. The third-order valence-electron chi connectivity index (χ3n) is 9.91. The van der Waals surface area contributed by atoms with E-state index in [0.717, 1.165) is 51.4 Å². The predicted molar refractivity (Wildman–Crippen MR) is 236 cm³/mol.